The summed E-state index contributed by atoms with van der Waals surface area (Å²) in [5.41, 5.74) is 10.4. The Morgan fingerprint density at radius 2 is 1.59 bits per heavy atom. The van der Waals surface area contributed by atoms with E-state index in [9.17, 15) is 0 Å². The molecule has 3 heteroatoms. The lowest BCUT2D eigenvalue weighted by Crippen LogP contribution is -1.86. The third-order valence-corrected chi connectivity index (χ3v) is 2.54. The number of azo groups is 1. The Hall–Kier alpha value is -2.16. The number of aryl methyl sites for hydroxylation is 2. The topological polar surface area (TPSA) is 50.7 Å². The smallest absolute Gasteiger partial charge is 0.0861 e. The zero-order valence-corrected chi connectivity index (χ0v) is 10.0. The number of nitrogens with zero attached hydrogens (tertiary/aromatic N) is 2. The summed E-state index contributed by atoms with van der Waals surface area (Å²) < 4.78 is 0. The number of anilines is 1. The second-order valence-corrected chi connectivity index (χ2v) is 4.08. The molecular weight excluding hydrogens is 210 g/mol. The second kappa shape index (κ2) is 4.78. The number of nitrogens with two attached hydrogens (primary N) is 1. The largest absolute Gasteiger partial charge is 0.399 e. The van der Waals surface area contributed by atoms with E-state index >= 15 is 0 Å². The van der Waals surface area contributed by atoms with Gasteiger partial charge < -0.3 is 5.73 Å². The molecule has 86 valence electrons. The van der Waals surface area contributed by atoms with Crippen LogP contribution in [0.15, 0.2) is 52.7 Å². The minimum Gasteiger partial charge on any atom is -0.399 e. The molecule has 2 aromatic carbocycles. The van der Waals surface area contributed by atoms with Crippen molar-refractivity contribution in [1.29, 1.82) is 0 Å². The van der Waals surface area contributed by atoms with Gasteiger partial charge in [0.25, 0.3) is 0 Å². The fourth-order valence-electron chi connectivity index (χ4n) is 1.53. The lowest BCUT2D eigenvalue weighted by molar-refractivity contribution is 1.22. The van der Waals surface area contributed by atoms with Crippen LogP contribution >= 0.6 is 0 Å². The van der Waals surface area contributed by atoms with Crippen molar-refractivity contribution in [3.63, 3.8) is 0 Å². The van der Waals surface area contributed by atoms with E-state index in [1.54, 1.807) is 0 Å². The molecule has 0 radical (unpaired) electrons. The highest BCUT2D eigenvalue weighted by molar-refractivity contribution is 5.54. The number of hydrogen-bond acceptors (Lipinski definition) is 3. The molecule has 2 N–H and O–H groups in total. The van der Waals surface area contributed by atoms with Crippen molar-refractivity contribution in [2.45, 2.75) is 13.8 Å². The molecule has 3 nitrogen and oxygen atoms in total. The molecule has 2 rings (SSSR count). The molecule has 0 aliphatic carbocycles. The Balaban J connectivity index is 2.23. The summed E-state index contributed by atoms with van der Waals surface area (Å²) in [6.07, 6.45) is 0. The molecule has 0 saturated carbocycles. The number of hydrogen-bond donors (Lipinski definition) is 1. The van der Waals surface area contributed by atoms with E-state index in [1.807, 2.05) is 56.3 Å². The molecule has 0 aliphatic rings. The molecule has 2 aromatic rings. The van der Waals surface area contributed by atoms with Crippen molar-refractivity contribution < 1.29 is 0 Å². The number of nitrogen functional groups attached to an aromatic ring is 1. The number of benzene rings is 2. The van der Waals surface area contributed by atoms with E-state index in [0.717, 1.165) is 22.6 Å². The highest BCUT2D eigenvalue weighted by Gasteiger charge is 1.95. The summed E-state index contributed by atoms with van der Waals surface area (Å²) in [4.78, 5) is 0. The maximum atomic E-state index is 5.74. The maximum Gasteiger partial charge on any atom is 0.0861 e. The fraction of sp³-hybridized carbons (Fsp3) is 0.143. The van der Waals surface area contributed by atoms with Crippen LogP contribution in [0.1, 0.15) is 11.1 Å². The third kappa shape index (κ3) is 2.91. The van der Waals surface area contributed by atoms with Crippen molar-refractivity contribution in [2.24, 2.45) is 10.2 Å². The van der Waals surface area contributed by atoms with Crippen molar-refractivity contribution in [2.75, 3.05) is 5.73 Å². The molecule has 0 atom stereocenters. The van der Waals surface area contributed by atoms with Crippen LogP contribution < -0.4 is 5.73 Å². The van der Waals surface area contributed by atoms with Crippen LogP contribution in [0, 0.1) is 13.8 Å². The highest BCUT2D eigenvalue weighted by Crippen LogP contribution is 2.22. The van der Waals surface area contributed by atoms with Crippen molar-refractivity contribution in [1.82, 2.24) is 0 Å². The van der Waals surface area contributed by atoms with Crippen molar-refractivity contribution in [3.8, 4) is 0 Å². The summed E-state index contributed by atoms with van der Waals surface area (Å²) >= 11 is 0. The quantitative estimate of drug-likeness (QED) is 0.601. The van der Waals surface area contributed by atoms with Gasteiger partial charge in [-0.1, -0.05) is 12.1 Å². The minimum absolute atomic E-state index is 0.777. The van der Waals surface area contributed by atoms with Gasteiger partial charge in [-0.15, -0.1) is 0 Å². The number of rotatable bonds is 2. The molecular formula is C14H15N3. The SMILES string of the molecule is Cc1cccc(N=Nc2ccc(N)c(C)c2)c1. The minimum atomic E-state index is 0.777. The normalized spacial score (nSPS) is 10.9. The molecule has 0 heterocycles. The van der Waals surface area contributed by atoms with Gasteiger partial charge in [0.15, 0.2) is 0 Å². The summed E-state index contributed by atoms with van der Waals surface area (Å²) in [5.74, 6) is 0. The standard InChI is InChI=1S/C14H15N3/c1-10-4-3-5-12(8-10)16-17-13-6-7-14(15)11(2)9-13/h3-9H,15H2,1-2H3. The van der Waals surface area contributed by atoms with Crippen LogP contribution in [-0.2, 0) is 0 Å². The Morgan fingerprint density at radius 1 is 0.882 bits per heavy atom. The van der Waals surface area contributed by atoms with Crippen LogP contribution in [-0.4, -0.2) is 0 Å². The average molecular weight is 225 g/mol. The molecule has 0 amide bonds. The van der Waals surface area contributed by atoms with Crippen LogP contribution in [0.5, 0.6) is 0 Å². The zero-order valence-electron chi connectivity index (χ0n) is 10.0. The summed E-state index contributed by atoms with van der Waals surface area (Å²) in [7, 11) is 0. The van der Waals surface area contributed by atoms with Gasteiger partial charge in [-0.05, 0) is 55.3 Å². The average Bonchev–Trinajstić information content (AvgIpc) is 2.31. The fourth-order valence-corrected chi connectivity index (χ4v) is 1.53. The predicted octanol–water partition coefficient (Wildman–Crippen LogP) is 4.30. The van der Waals surface area contributed by atoms with E-state index < -0.39 is 0 Å². The van der Waals surface area contributed by atoms with E-state index in [1.165, 1.54) is 5.56 Å². The first-order valence-electron chi connectivity index (χ1n) is 5.50. The molecule has 0 saturated heterocycles. The van der Waals surface area contributed by atoms with Crippen LogP contribution in [0.4, 0.5) is 17.1 Å². The Bertz CT molecular complexity index is 559. The Kier molecular flexibility index (Phi) is 3.19. The van der Waals surface area contributed by atoms with E-state index in [2.05, 4.69) is 10.2 Å². The maximum absolute atomic E-state index is 5.74. The van der Waals surface area contributed by atoms with E-state index in [4.69, 9.17) is 5.73 Å². The van der Waals surface area contributed by atoms with Gasteiger partial charge in [0, 0.05) is 5.69 Å². The van der Waals surface area contributed by atoms with Crippen molar-refractivity contribution >= 4 is 17.1 Å². The van der Waals surface area contributed by atoms with Crippen LogP contribution in [0.3, 0.4) is 0 Å². The van der Waals surface area contributed by atoms with Crippen molar-refractivity contribution in [3.05, 3.63) is 53.6 Å². The van der Waals surface area contributed by atoms with E-state index in [0.29, 0.717) is 0 Å². The van der Waals surface area contributed by atoms with Gasteiger partial charge in [0.05, 0.1) is 11.4 Å². The first-order chi connectivity index (χ1) is 8.15. The summed E-state index contributed by atoms with van der Waals surface area (Å²) in [6.45, 7) is 3.99. The predicted molar refractivity (Wildman–Crippen MR) is 70.9 cm³/mol. The summed E-state index contributed by atoms with van der Waals surface area (Å²) in [5, 5.41) is 8.38. The first-order valence-corrected chi connectivity index (χ1v) is 5.50. The molecule has 0 bridgehead atoms. The van der Waals surface area contributed by atoms with Gasteiger partial charge in [0.1, 0.15) is 0 Å². The molecule has 0 spiro atoms. The Labute approximate surface area is 101 Å². The molecule has 0 unspecified atom stereocenters. The highest BCUT2D eigenvalue weighted by atomic mass is 15.1. The monoisotopic (exact) mass is 225 g/mol. The van der Waals surface area contributed by atoms with Gasteiger partial charge in [0.2, 0.25) is 0 Å². The molecule has 0 aliphatic heterocycles. The van der Waals surface area contributed by atoms with Crippen LogP contribution in [0.2, 0.25) is 0 Å². The molecule has 17 heavy (non-hydrogen) atoms. The van der Waals surface area contributed by atoms with Gasteiger partial charge in [-0.25, -0.2) is 0 Å². The van der Waals surface area contributed by atoms with E-state index in [-0.39, 0.29) is 0 Å². The Morgan fingerprint density at radius 3 is 2.24 bits per heavy atom. The lowest BCUT2D eigenvalue weighted by Gasteiger charge is -1.99. The van der Waals surface area contributed by atoms with Gasteiger partial charge >= 0.3 is 0 Å². The zero-order chi connectivity index (χ0) is 12.3. The first kappa shape index (κ1) is 11.3. The summed E-state index contributed by atoms with van der Waals surface area (Å²) in [6, 6.07) is 13.6. The second-order valence-electron chi connectivity index (χ2n) is 4.08. The third-order valence-electron chi connectivity index (χ3n) is 2.54. The van der Waals surface area contributed by atoms with Crippen LogP contribution in [0.25, 0.3) is 0 Å². The lowest BCUT2D eigenvalue weighted by atomic mass is 10.2. The molecule has 0 aromatic heterocycles. The molecule has 0 fully saturated rings. The van der Waals surface area contributed by atoms with Gasteiger partial charge in [-0.3, -0.25) is 0 Å². The van der Waals surface area contributed by atoms with Gasteiger partial charge in [-0.2, -0.15) is 10.2 Å².